The molecule has 18 heavy (non-hydrogen) atoms. The van der Waals surface area contributed by atoms with Crippen LogP contribution in [0.25, 0.3) is 0 Å². The predicted molar refractivity (Wildman–Crippen MR) is 80.1 cm³/mol. The largest absolute Gasteiger partial charge is 0.355 e. The van der Waals surface area contributed by atoms with E-state index in [-0.39, 0.29) is 5.91 Å². The van der Waals surface area contributed by atoms with E-state index in [4.69, 9.17) is 0 Å². The fraction of sp³-hybridized carbons (Fsp3) is 0.929. The Bertz CT molecular complexity index is 236. The third kappa shape index (κ3) is 6.10. The Hall–Kier alpha value is -0.220. The SMILES string of the molecule is CCCNC(=O)CSC1CCCCC1NCCC. The zero-order valence-electron chi connectivity index (χ0n) is 11.8. The Balaban J connectivity index is 2.26. The Labute approximate surface area is 116 Å². The minimum atomic E-state index is 0.196. The number of amides is 1. The van der Waals surface area contributed by atoms with Crippen LogP contribution in [0.3, 0.4) is 0 Å². The number of thioether (sulfide) groups is 1. The van der Waals surface area contributed by atoms with Gasteiger partial charge in [-0.05, 0) is 32.2 Å². The van der Waals surface area contributed by atoms with Crippen LogP contribution in [-0.4, -0.2) is 36.0 Å². The average molecular weight is 272 g/mol. The molecule has 3 nitrogen and oxygen atoms in total. The molecule has 2 unspecified atom stereocenters. The fourth-order valence-corrected chi connectivity index (χ4v) is 3.62. The van der Waals surface area contributed by atoms with Crippen molar-refractivity contribution in [1.29, 1.82) is 0 Å². The van der Waals surface area contributed by atoms with Crippen LogP contribution in [0.5, 0.6) is 0 Å². The standard InChI is InChI=1S/C14H28N2OS/c1-3-9-15-12-7-5-6-8-13(12)18-11-14(17)16-10-4-2/h12-13,15H,3-11H2,1-2H3,(H,16,17). The van der Waals surface area contributed by atoms with Crippen LogP contribution in [-0.2, 0) is 4.79 Å². The molecule has 4 heteroatoms. The number of carbonyl (C=O) groups excluding carboxylic acids is 1. The van der Waals surface area contributed by atoms with E-state index in [9.17, 15) is 4.79 Å². The molecule has 1 aliphatic carbocycles. The van der Waals surface area contributed by atoms with Crippen LogP contribution in [0.4, 0.5) is 0 Å². The van der Waals surface area contributed by atoms with Gasteiger partial charge in [-0.15, -0.1) is 11.8 Å². The van der Waals surface area contributed by atoms with Gasteiger partial charge in [0.15, 0.2) is 0 Å². The quantitative estimate of drug-likeness (QED) is 0.713. The molecule has 0 radical (unpaired) electrons. The highest BCUT2D eigenvalue weighted by Gasteiger charge is 2.25. The predicted octanol–water partition coefficient (Wildman–Crippen LogP) is 2.56. The van der Waals surface area contributed by atoms with Crippen LogP contribution < -0.4 is 10.6 Å². The number of carbonyl (C=O) groups is 1. The Morgan fingerprint density at radius 2 is 1.89 bits per heavy atom. The lowest BCUT2D eigenvalue weighted by molar-refractivity contribution is -0.118. The fourth-order valence-electron chi connectivity index (χ4n) is 2.36. The van der Waals surface area contributed by atoms with Crippen LogP contribution in [0.15, 0.2) is 0 Å². The van der Waals surface area contributed by atoms with Crippen molar-refractivity contribution in [2.45, 2.75) is 63.7 Å². The molecule has 0 aromatic rings. The molecule has 1 amide bonds. The van der Waals surface area contributed by atoms with E-state index in [1.165, 1.54) is 32.1 Å². The molecular formula is C14H28N2OS. The van der Waals surface area contributed by atoms with Gasteiger partial charge in [-0.25, -0.2) is 0 Å². The minimum absolute atomic E-state index is 0.196. The summed E-state index contributed by atoms with van der Waals surface area (Å²) >= 11 is 1.84. The Morgan fingerprint density at radius 3 is 2.61 bits per heavy atom. The van der Waals surface area contributed by atoms with Crippen LogP contribution in [0.2, 0.25) is 0 Å². The van der Waals surface area contributed by atoms with E-state index in [2.05, 4.69) is 24.5 Å². The summed E-state index contributed by atoms with van der Waals surface area (Å²) in [5.74, 6) is 0.816. The van der Waals surface area contributed by atoms with Gasteiger partial charge in [0, 0.05) is 17.8 Å². The van der Waals surface area contributed by atoms with Gasteiger partial charge in [-0.2, -0.15) is 0 Å². The van der Waals surface area contributed by atoms with Crippen molar-refractivity contribution in [3.8, 4) is 0 Å². The van der Waals surface area contributed by atoms with E-state index in [1.54, 1.807) is 0 Å². The Morgan fingerprint density at radius 1 is 1.17 bits per heavy atom. The summed E-state index contributed by atoms with van der Waals surface area (Å²) in [5, 5.41) is 7.21. The maximum Gasteiger partial charge on any atom is 0.230 e. The van der Waals surface area contributed by atoms with Gasteiger partial charge in [-0.3, -0.25) is 4.79 Å². The van der Waals surface area contributed by atoms with Crippen LogP contribution in [0, 0.1) is 0 Å². The zero-order chi connectivity index (χ0) is 13.2. The van der Waals surface area contributed by atoms with Crippen LogP contribution >= 0.6 is 11.8 Å². The Kier molecular flexibility index (Phi) is 8.51. The molecule has 0 bridgehead atoms. The van der Waals surface area contributed by atoms with Gasteiger partial charge in [0.2, 0.25) is 5.91 Å². The summed E-state index contributed by atoms with van der Waals surface area (Å²) in [4.78, 5) is 11.6. The van der Waals surface area contributed by atoms with Crippen molar-refractivity contribution >= 4 is 17.7 Å². The third-order valence-corrected chi connectivity index (χ3v) is 4.78. The first-order valence-electron chi connectivity index (χ1n) is 7.39. The molecule has 0 saturated heterocycles. The first-order chi connectivity index (χ1) is 8.77. The van der Waals surface area contributed by atoms with Crippen LogP contribution in [0.1, 0.15) is 52.4 Å². The minimum Gasteiger partial charge on any atom is -0.355 e. The van der Waals surface area contributed by atoms with E-state index in [0.29, 0.717) is 17.0 Å². The highest BCUT2D eigenvalue weighted by atomic mass is 32.2. The molecule has 106 valence electrons. The summed E-state index contributed by atoms with van der Waals surface area (Å²) < 4.78 is 0. The smallest absolute Gasteiger partial charge is 0.230 e. The normalized spacial score (nSPS) is 23.9. The van der Waals surface area contributed by atoms with Gasteiger partial charge in [-0.1, -0.05) is 26.7 Å². The molecular weight excluding hydrogens is 244 g/mol. The van der Waals surface area contributed by atoms with E-state index in [0.717, 1.165) is 19.5 Å². The van der Waals surface area contributed by atoms with Gasteiger partial charge in [0.25, 0.3) is 0 Å². The monoisotopic (exact) mass is 272 g/mol. The summed E-state index contributed by atoms with van der Waals surface area (Å²) in [5.41, 5.74) is 0. The van der Waals surface area contributed by atoms with Gasteiger partial charge in [0.1, 0.15) is 0 Å². The van der Waals surface area contributed by atoms with Crippen molar-refractivity contribution < 1.29 is 4.79 Å². The van der Waals surface area contributed by atoms with Gasteiger partial charge in [0.05, 0.1) is 5.75 Å². The van der Waals surface area contributed by atoms with E-state index in [1.807, 2.05) is 11.8 Å². The van der Waals surface area contributed by atoms with Crippen molar-refractivity contribution in [2.24, 2.45) is 0 Å². The zero-order valence-corrected chi connectivity index (χ0v) is 12.7. The summed E-state index contributed by atoms with van der Waals surface area (Å²) in [7, 11) is 0. The molecule has 0 spiro atoms. The first-order valence-corrected chi connectivity index (χ1v) is 8.44. The number of rotatable bonds is 8. The van der Waals surface area contributed by atoms with Crippen molar-refractivity contribution in [1.82, 2.24) is 10.6 Å². The highest BCUT2D eigenvalue weighted by Crippen LogP contribution is 2.28. The summed E-state index contributed by atoms with van der Waals surface area (Å²) in [6, 6.07) is 0.614. The molecule has 0 aliphatic heterocycles. The van der Waals surface area contributed by atoms with Crippen molar-refractivity contribution in [3.63, 3.8) is 0 Å². The van der Waals surface area contributed by atoms with Crippen molar-refractivity contribution in [3.05, 3.63) is 0 Å². The molecule has 1 saturated carbocycles. The molecule has 1 fully saturated rings. The molecule has 1 aliphatic rings. The molecule has 0 aromatic heterocycles. The maximum absolute atomic E-state index is 11.6. The lowest BCUT2D eigenvalue weighted by Crippen LogP contribution is -2.41. The molecule has 0 aromatic carbocycles. The second-order valence-electron chi connectivity index (χ2n) is 5.04. The number of nitrogens with one attached hydrogen (secondary N) is 2. The molecule has 1 rings (SSSR count). The molecule has 2 N–H and O–H groups in total. The lowest BCUT2D eigenvalue weighted by atomic mass is 9.95. The topological polar surface area (TPSA) is 41.1 Å². The van der Waals surface area contributed by atoms with E-state index < -0.39 is 0 Å². The molecule has 2 atom stereocenters. The number of hydrogen-bond acceptors (Lipinski definition) is 3. The average Bonchev–Trinajstić information content (AvgIpc) is 2.41. The summed E-state index contributed by atoms with van der Waals surface area (Å²) in [6.07, 6.45) is 7.38. The lowest BCUT2D eigenvalue weighted by Gasteiger charge is -2.31. The van der Waals surface area contributed by atoms with Gasteiger partial charge < -0.3 is 10.6 Å². The summed E-state index contributed by atoms with van der Waals surface area (Å²) in [6.45, 7) is 6.20. The maximum atomic E-state index is 11.6. The molecule has 0 heterocycles. The first kappa shape index (κ1) is 15.8. The second kappa shape index (κ2) is 9.68. The van der Waals surface area contributed by atoms with Gasteiger partial charge >= 0.3 is 0 Å². The third-order valence-electron chi connectivity index (χ3n) is 3.36. The number of hydrogen-bond donors (Lipinski definition) is 2. The highest BCUT2D eigenvalue weighted by molar-refractivity contribution is 8.00. The second-order valence-corrected chi connectivity index (χ2v) is 6.27. The van der Waals surface area contributed by atoms with E-state index >= 15 is 0 Å². The van der Waals surface area contributed by atoms with Crippen molar-refractivity contribution in [2.75, 3.05) is 18.8 Å².